The van der Waals surface area contributed by atoms with Crippen molar-refractivity contribution < 1.29 is 8.42 Å². The first-order valence-electron chi connectivity index (χ1n) is 6.67. The first kappa shape index (κ1) is 16.5. The summed E-state index contributed by atoms with van der Waals surface area (Å²) in [7, 11) is -3.49. The van der Waals surface area contributed by atoms with Crippen LogP contribution in [-0.4, -0.2) is 23.6 Å². The number of sulfone groups is 1. The van der Waals surface area contributed by atoms with Crippen molar-refractivity contribution in [2.24, 2.45) is 0 Å². The number of aryl methyl sites for hydroxylation is 1. The normalized spacial score (nSPS) is 12.3. The molecule has 4 nitrogen and oxygen atoms in total. The third kappa shape index (κ3) is 3.15. The van der Waals surface area contributed by atoms with Crippen molar-refractivity contribution in [1.82, 2.24) is 9.97 Å². The van der Waals surface area contributed by atoms with Crippen LogP contribution in [0.5, 0.6) is 0 Å². The van der Waals surface area contributed by atoms with E-state index in [1.807, 2.05) is 6.92 Å². The summed E-state index contributed by atoms with van der Waals surface area (Å²) in [5, 5.41) is 0.197. The number of hydrogen-bond donors (Lipinski definition) is 0. The van der Waals surface area contributed by atoms with Crippen LogP contribution in [0.3, 0.4) is 0 Å². The van der Waals surface area contributed by atoms with Gasteiger partial charge in [-0.15, -0.1) is 0 Å². The molecule has 0 N–H and O–H groups in total. The average molecular weight is 347 g/mol. The topological polar surface area (TPSA) is 59.9 Å². The zero-order valence-corrected chi connectivity index (χ0v) is 14.3. The molecule has 7 heteroatoms. The molecule has 2 aromatic rings. The van der Waals surface area contributed by atoms with Crippen LogP contribution in [0, 0.1) is 0 Å². The molecule has 0 amide bonds. The van der Waals surface area contributed by atoms with Gasteiger partial charge in [0.15, 0.2) is 14.9 Å². The molecule has 1 heterocycles. The first-order valence-corrected chi connectivity index (χ1v) is 8.97. The lowest BCUT2D eigenvalue weighted by molar-refractivity contribution is 0.581. The van der Waals surface area contributed by atoms with E-state index >= 15 is 0 Å². The maximum atomic E-state index is 12.5. The second-order valence-electron chi connectivity index (χ2n) is 5.07. The minimum absolute atomic E-state index is 0.0465. The van der Waals surface area contributed by atoms with E-state index in [0.29, 0.717) is 33.2 Å². The van der Waals surface area contributed by atoms with Gasteiger partial charge in [0.1, 0.15) is 0 Å². The molecular weight excluding hydrogens is 331 g/mol. The van der Waals surface area contributed by atoms with E-state index in [1.165, 1.54) is 0 Å². The Kier molecular flexibility index (Phi) is 4.76. The largest absolute Gasteiger partial charge is 0.248 e. The summed E-state index contributed by atoms with van der Waals surface area (Å²) < 4.78 is 24.9. The molecule has 0 saturated heterocycles. The fourth-order valence-electron chi connectivity index (χ4n) is 1.92. The van der Waals surface area contributed by atoms with Crippen LogP contribution in [0.2, 0.25) is 10.0 Å². The predicted octanol–water partition coefficient (Wildman–Crippen LogP) is 4.07. The predicted molar refractivity (Wildman–Crippen MR) is 85.9 cm³/mol. The highest BCUT2D eigenvalue weighted by Gasteiger charge is 2.26. The Balaban J connectivity index is 2.79. The third-order valence-electron chi connectivity index (χ3n) is 3.12. The van der Waals surface area contributed by atoms with Crippen molar-refractivity contribution >= 4 is 44.1 Å². The molecular formula is C14H16Cl2N2O2S. The molecule has 1 aromatic carbocycles. The Morgan fingerprint density at radius 3 is 2.10 bits per heavy atom. The Labute approximate surface area is 134 Å². The molecule has 21 heavy (non-hydrogen) atoms. The highest BCUT2D eigenvalue weighted by molar-refractivity contribution is 7.92. The van der Waals surface area contributed by atoms with Gasteiger partial charge in [0, 0.05) is 0 Å². The minimum Gasteiger partial charge on any atom is -0.248 e. The number of halogens is 2. The lowest BCUT2D eigenvalue weighted by Crippen LogP contribution is -2.18. The number of benzene rings is 1. The molecule has 0 spiro atoms. The van der Waals surface area contributed by atoms with Crippen LogP contribution >= 0.6 is 23.2 Å². The van der Waals surface area contributed by atoms with Crippen LogP contribution < -0.4 is 0 Å². The van der Waals surface area contributed by atoms with Gasteiger partial charge in [0.2, 0.25) is 0 Å². The van der Waals surface area contributed by atoms with E-state index in [2.05, 4.69) is 9.97 Å². The molecule has 0 aliphatic carbocycles. The molecule has 114 valence electrons. The zero-order chi connectivity index (χ0) is 15.8. The van der Waals surface area contributed by atoms with Crippen molar-refractivity contribution in [3.8, 4) is 0 Å². The monoisotopic (exact) mass is 346 g/mol. The van der Waals surface area contributed by atoms with Crippen molar-refractivity contribution in [2.75, 3.05) is 0 Å². The fraction of sp³-hybridized carbons (Fsp3) is 0.429. The van der Waals surface area contributed by atoms with Crippen molar-refractivity contribution in [3.63, 3.8) is 0 Å². The maximum absolute atomic E-state index is 12.5. The first-order chi connectivity index (χ1) is 9.77. The highest BCUT2D eigenvalue weighted by atomic mass is 35.5. The second kappa shape index (κ2) is 6.07. The fourth-order valence-corrected chi connectivity index (χ4v) is 3.39. The summed E-state index contributed by atoms with van der Waals surface area (Å²) in [6.07, 6.45) is 1.33. The summed E-state index contributed by atoms with van der Waals surface area (Å²) in [6.45, 7) is 5.23. The molecule has 0 saturated carbocycles. The lowest BCUT2D eigenvalue weighted by Gasteiger charge is -2.12. The highest BCUT2D eigenvalue weighted by Crippen LogP contribution is 2.28. The minimum atomic E-state index is -3.49. The molecule has 0 atom stereocenters. The Morgan fingerprint density at radius 1 is 1.10 bits per heavy atom. The van der Waals surface area contributed by atoms with Gasteiger partial charge in [-0.25, -0.2) is 18.4 Å². The van der Waals surface area contributed by atoms with E-state index < -0.39 is 15.1 Å². The summed E-state index contributed by atoms with van der Waals surface area (Å²) in [5.74, 6) is 0. The quantitative estimate of drug-likeness (QED) is 0.836. The Morgan fingerprint density at radius 2 is 1.62 bits per heavy atom. The van der Waals surface area contributed by atoms with Gasteiger partial charge >= 0.3 is 0 Å². The number of nitrogens with zero attached hydrogens (tertiary/aromatic N) is 2. The second-order valence-corrected chi connectivity index (χ2v) is 8.31. The van der Waals surface area contributed by atoms with Gasteiger partial charge in [-0.3, -0.25) is 0 Å². The van der Waals surface area contributed by atoms with Crippen LogP contribution in [0.15, 0.2) is 17.2 Å². The molecule has 0 aliphatic heterocycles. The molecule has 2 rings (SSSR count). The molecule has 0 aliphatic rings. The van der Waals surface area contributed by atoms with Crippen molar-refractivity contribution in [1.29, 1.82) is 0 Å². The van der Waals surface area contributed by atoms with Gasteiger partial charge in [-0.2, -0.15) is 0 Å². The molecule has 0 radical (unpaired) electrons. The SMILES string of the molecule is CCCc1nc2cc(Cl)c(Cl)cc2nc1S(=O)(=O)C(C)C. The summed E-state index contributed by atoms with van der Waals surface area (Å²) in [6, 6.07) is 3.15. The Hall–Kier alpha value is -0.910. The van der Waals surface area contributed by atoms with Crippen LogP contribution in [0.4, 0.5) is 0 Å². The maximum Gasteiger partial charge on any atom is 0.199 e. The van der Waals surface area contributed by atoms with E-state index in [0.717, 1.165) is 6.42 Å². The van der Waals surface area contributed by atoms with Gasteiger partial charge < -0.3 is 0 Å². The number of hydrogen-bond acceptors (Lipinski definition) is 4. The van der Waals surface area contributed by atoms with E-state index in [-0.39, 0.29) is 5.03 Å². The van der Waals surface area contributed by atoms with E-state index in [9.17, 15) is 8.42 Å². The van der Waals surface area contributed by atoms with Gasteiger partial charge in [0.25, 0.3) is 0 Å². The third-order valence-corrected chi connectivity index (χ3v) is 5.95. The smallest absolute Gasteiger partial charge is 0.199 e. The van der Waals surface area contributed by atoms with E-state index in [4.69, 9.17) is 23.2 Å². The Bertz CT molecular complexity index is 789. The molecule has 1 aromatic heterocycles. The lowest BCUT2D eigenvalue weighted by atomic mass is 10.2. The standard InChI is InChI=1S/C14H16Cl2N2O2S/c1-4-5-11-14(21(19,20)8(2)3)18-13-7-10(16)9(15)6-12(13)17-11/h6-8H,4-5H2,1-3H3. The van der Waals surface area contributed by atoms with Crippen molar-refractivity contribution in [2.45, 2.75) is 43.9 Å². The summed E-state index contributed by atoms with van der Waals surface area (Å²) in [4.78, 5) is 8.73. The zero-order valence-electron chi connectivity index (χ0n) is 12.0. The van der Waals surface area contributed by atoms with Crippen LogP contribution in [0.1, 0.15) is 32.9 Å². The van der Waals surface area contributed by atoms with Gasteiger partial charge in [-0.1, -0.05) is 36.5 Å². The average Bonchev–Trinajstić information content (AvgIpc) is 2.40. The molecule has 0 unspecified atom stereocenters. The molecule has 0 bridgehead atoms. The number of aromatic nitrogens is 2. The number of fused-ring (bicyclic) bond motifs is 1. The van der Waals surface area contributed by atoms with Gasteiger partial charge in [-0.05, 0) is 32.4 Å². The van der Waals surface area contributed by atoms with E-state index in [1.54, 1.807) is 26.0 Å². The van der Waals surface area contributed by atoms with Crippen LogP contribution in [-0.2, 0) is 16.3 Å². The summed E-state index contributed by atoms with van der Waals surface area (Å²) >= 11 is 11.9. The van der Waals surface area contributed by atoms with Crippen LogP contribution in [0.25, 0.3) is 11.0 Å². The summed E-state index contributed by atoms with van der Waals surface area (Å²) in [5.41, 5.74) is 1.47. The molecule has 0 fully saturated rings. The number of rotatable bonds is 4. The van der Waals surface area contributed by atoms with Crippen molar-refractivity contribution in [3.05, 3.63) is 27.9 Å². The van der Waals surface area contributed by atoms with Gasteiger partial charge in [0.05, 0.1) is 32.0 Å².